The van der Waals surface area contributed by atoms with Crippen LogP contribution in [-0.2, 0) is 9.63 Å². The summed E-state index contributed by atoms with van der Waals surface area (Å²) < 4.78 is 42.8. The van der Waals surface area contributed by atoms with Crippen molar-refractivity contribution in [1.82, 2.24) is 9.97 Å². The van der Waals surface area contributed by atoms with Crippen molar-refractivity contribution in [2.75, 3.05) is 0 Å². The monoisotopic (exact) mass is 440 g/mol. The fraction of sp³-hybridized carbons (Fsp3) is 0.136. The van der Waals surface area contributed by atoms with Crippen LogP contribution in [-0.4, -0.2) is 33.0 Å². The van der Waals surface area contributed by atoms with Crippen LogP contribution in [0.2, 0.25) is 0 Å². The van der Waals surface area contributed by atoms with Crippen molar-refractivity contribution in [1.29, 1.82) is 0 Å². The third-order valence-corrected chi connectivity index (χ3v) is 4.91. The molecular formula is C22H15F3N4O3. The van der Waals surface area contributed by atoms with Crippen LogP contribution in [0.1, 0.15) is 29.8 Å². The van der Waals surface area contributed by atoms with E-state index < -0.39 is 34.5 Å². The van der Waals surface area contributed by atoms with E-state index in [-0.39, 0.29) is 34.0 Å². The lowest BCUT2D eigenvalue weighted by molar-refractivity contribution is -0.128. The number of amides is 1. The van der Waals surface area contributed by atoms with Gasteiger partial charge in [0.25, 0.3) is 5.91 Å². The van der Waals surface area contributed by atoms with E-state index in [9.17, 15) is 22.8 Å². The number of rotatable bonds is 4. The molecule has 3 aromatic rings. The number of nitrogens with zero attached hydrogens (tertiary/aromatic N) is 3. The quantitative estimate of drug-likeness (QED) is 0.669. The third-order valence-electron chi connectivity index (χ3n) is 4.91. The molecule has 1 aliphatic heterocycles. The zero-order valence-electron chi connectivity index (χ0n) is 16.8. The predicted octanol–water partition coefficient (Wildman–Crippen LogP) is 3.41. The van der Waals surface area contributed by atoms with E-state index >= 15 is 0 Å². The average Bonchev–Trinajstić information content (AvgIpc) is 3.01. The molecule has 32 heavy (non-hydrogen) atoms. The highest BCUT2D eigenvalue weighted by Crippen LogP contribution is 2.29. The standard InChI is InChI=1S/C22H15F3N4O3/c1-22(2)20(30)19(29-32-22)10-3-5-13(23)12(7-10)16-9-27-15(8-28-16)11-4-6-14(24)17(18(11)25)21(26)31/h3-9H,1-2H3,(H2,26,31). The highest BCUT2D eigenvalue weighted by atomic mass is 19.1. The molecule has 0 saturated heterocycles. The zero-order valence-corrected chi connectivity index (χ0v) is 16.8. The van der Waals surface area contributed by atoms with E-state index in [0.717, 1.165) is 24.4 Å². The molecule has 1 amide bonds. The number of ketones is 1. The van der Waals surface area contributed by atoms with E-state index in [1.54, 1.807) is 13.8 Å². The summed E-state index contributed by atoms with van der Waals surface area (Å²) in [6, 6.07) is 5.90. The number of nitrogens with two attached hydrogens (primary N) is 1. The van der Waals surface area contributed by atoms with Gasteiger partial charge in [-0.15, -0.1) is 0 Å². The number of primary amides is 1. The summed E-state index contributed by atoms with van der Waals surface area (Å²) in [5, 5.41) is 3.80. The molecule has 0 unspecified atom stereocenters. The maximum Gasteiger partial charge on any atom is 0.254 e. The first-order valence-electron chi connectivity index (χ1n) is 9.31. The Balaban J connectivity index is 1.71. The summed E-state index contributed by atoms with van der Waals surface area (Å²) in [6.07, 6.45) is 2.33. The van der Waals surface area contributed by atoms with Crippen molar-refractivity contribution in [2.45, 2.75) is 19.4 Å². The van der Waals surface area contributed by atoms with Crippen LogP contribution < -0.4 is 5.73 Å². The number of aromatic nitrogens is 2. The molecule has 2 heterocycles. The fourth-order valence-electron chi connectivity index (χ4n) is 3.16. The van der Waals surface area contributed by atoms with Gasteiger partial charge in [-0.2, -0.15) is 0 Å². The van der Waals surface area contributed by atoms with Crippen LogP contribution in [0.3, 0.4) is 0 Å². The van der Waals surface area contributed by atoms with Crippen molar-refractivity contribution in [3.8, 4) is 22.5 Å². The molecule has 0 spiro atoms. The third kappa shape index (κ3) is 3.49. The van der Waals surface area contributed by atoms with E-state index in [4.69, 9.17) is 10.6 Å². The summed E-state index contributed by atoms with van der Waals surface area (Å²) in [5.74, 6) is -4.52. The van der Waals surface area contributed by atoms with Gasteiger partial charge < -0.3 is 10.6 Å². The molecule has 1 aromatic heterocycles. The minimum Gasteiger partial charge on any atom is -0.381 e. The molecule has 4 rings (SSSR count). The van der Waals surface area contributed by atoms with Crippen LogP contribution >= 0.6 is 0 Å². The Bertz CT molecular complexity index is 1300. The molecule has 2 N–H and O–H groups in total. The molecule has 0 bridgehead atoms. The van der Waals surface area contributed by atoms with Gasteiger partial charge in [0.15, 0.2) is 11.3 Å². The van der Waals surface area contributed by atoms with Crippen molar-refractivity contribution >= 4 is 17.4 Å². The van der Waals surface area contributed by atoms with Crippen LogP contribution in [0, 0.1) is 17.5 Å². The Kier molecular flexibility index (Phi) is 5.00. The van der Waals surface area contributed by atoms with Gasteiger partial charge in [0.05, 0.1) is 23.8 Å². The first kappa shape index (κ1) is 21.2. The summed E-state index contributed by atoms with van der Waals surface area (Å²) in [6.45, 7) is 3.14. The second kappa shape index (κ2) is 7.56. The Morgan fingerprint density at radius 1 is 0.969 bits per heavy atom. The molecule has 0 radical (unpaired) electrons. The van der Waals surface area contributed by atoms with Gasteiger partial charge in [-0.05, 0) is 44.2 Å². The highest BCUT2D eigenvalue weighted by molar-refractivity contribution is 6.49. The van der Waals surface area contributed by atoms with Crippen molar-refractivity contribution < 1.29 is 27.6 Å². The van der Waals surface area contributed by atoms with E-state index in [1.165, 1.54) is 18.3 Å². The topological polar surface area (TPSA) is 108 Å². The summed E-state index contributed by atoms with van der Waals surface area (Å²) in [4.78, 5) is 37.0. The van der Waals surface area contributed by atoms with Gasteiger partial charge in [0, 0.05) is 16.7 Å². The molecule has 1 aliphatic rings. The minimum absolute atomic E-state index is 0.0178. The van der Waals surface area contributed by atoms with Crippen LogP contribution in [0.5, 0.6) is 0 Å². The van der Waals surface area contributed by atoms with Crippen molar-refractivity contribution in [3.05, 3.63) is 71.3 Å². The number of hydrogen-bond donors (Lipinski definition) is 1. The fourth-order valence-corrected chi connectivity index (χ4v) is 3.16. The summed E-state index contributed by atoms with van der Waals surface area (Å²) in [7, 11) is 0. The van der Waals surface area contributed by atoms with Gasteiger partial charge >= 0.3 is 0 Å². The first-order chi connectivity index (χ1) is 15.1. The molecule has 10 heteroatoms. The van der Waals surface area contributed by atoms with Crippen LogP contribution in [0.4, 0.5) is 13.2 Å². The lowest BCUT2D eigenvalue weighted by Gasteiger charge is -2.12. The molecule has 7 nitrogen and oxygen atoms in total. The number of benzene rings is 2. The summed E-state index contributed by atoms with van der Waals surface area (Å²) >= 11 is 0. The van der Waals surface area contributed by atoms with Gasteiger partial charge in [0.1, 0.15) is 23.0 Å². The van der Waals surface area contributed by atoms with Crippen LogP contribution in [0.25, 0.3) is 22.5 Å². The average molecular weight is 440 g/mol. The molecule has 0 saturated carbocycles. The smallest absolute Gasteiger partial charge is 0.254 e. The Hall–Kier alpha value is -4.08. The molecule has 0 fully saturated rings. The van der Waals surface area contributed by atoms with E-state index in [0.29, 0.717) is 5.56 Å². The molecule has 0 aliphatic carbocycles. The number of hydrogen-bond acceptors (Lipinski definition) is 6. The predicted molar refractivity (Wildman–Crippen MR) is 108 cm³/mol. The SMILES string of the molecule is CC1(C)ON=C(c2ccc(F)c(-c3cnc(-c4ccc(F)c(C(N)=O)c4F)cn3)c2)C1=O. The van der Waals surface area contributed by atoms with Crippen molar-refractivity contribution in [3.63, 3.8) is 0 Å². The first-order valence-corrected chi connectivity index (χ1v) is 9.31. The minimum atomic E-state index is -1.26. The Morgan fingerprint density at radius 3 is 2.16 bits per heavy atom. The normalized spacial score (nSPS) is 14.8. The van der Waals surface area contributed by atoms with Gasteiger partial charge in [-0.1, -0.05) is 5.16 Å². The lowest BCUT2D eigenvalue weighted by atomic mass is 9.94. The second-order valence-corrected chi connectivity index (χ2v) is 7.50. The molecule has 162 valence electrons. The Labute approximate surface area is 179 Å². The number of carbonyl (C=O) groups is 2. The second-order valence-electron chi connectivity index (χ2n) is 7.50. The highest BCUT2D eigenvalue weighted by Gasteiger charge is 2.40. The number of oxime groups is 1. The molecule has 2 aromatic carbocycles. The maximum atomic E-state index is 14.6. The van der Waals surface area contributed by atoms with Crippen molar-refractivity contribution in [2.24, 2.45) is 10.9 Å². The van der Waals surface area contributed by atoms with E-state index in [1.807, 2.05) is 0 Å². The van der Waals surface area contributed by atoms with Gasteiger partial charge in [-0.25, -0.2) is 13.2 Å². The Morgan fingerprint density at radius 2 is 1.59 bits per heavy atom. The number of Topliss-reactive ketones (excluding diaryl/α,β-unsaturated/α-hetero) is 1. The number of halogens is 3. The van der Waals surface area contributed by atoms with Crippen LogP contribution in [0.15, 0.2) is 47.9 Å². The van der Waals surface area contributed by atoms with E-state index in [2.05, 4.69) is 15.1 Å². The lowest BCUT2D eigenvalue weighted by Crippen LogP contribution is -2.33. The molecular weight excluding hydrogens is 425 g/mol. The van der Waals surface area contributed by atoms with Gasteiger partial charge in [-0.3, -0.25) is 19.6 Å². The largest absolute Gasteiger partial charge is 0.381 e. The number of carbonyl (C=O) groups excluding carboxylic acids is 2. The van der Waals surface area contributed by atoms with Gasteiger partial charge in [0.2, 0.25) is 5.78 Å². The molecule has 0 atom stereocenters. The summed E-state index contributed by atoms with van der Waals surface area (Å²) in [5.41, 5.74) is 3.32. The zero-order chi connectivity index (χ0) is 23.2. The maximum absolute atomic E-state index is 14.6.